The van der Waals surface area contributed by atoms with Crippen LogP contribution in [0.3, 0.4) is 0 Å². The molecule has 13 heavy (non-hydrogen) atoms. The molecule has 0 radical (unpaired) electrons. The molecule has 0 spiro atoms. The molecule has 4 heteroatoms. The van der Waals surface area contributed by atoms with Gasteiger partial charge in [-0.05, 0) is 18.8 Å². The summed E-state index contributed by atoms with van der Waals surface area (Å²) in [6.07, 6.45) is 4.18. The maximum absolute atomic E-state index is 10.3. The lowest BCUT2D eigenvalue weighted by Crippen LogP contribution is -2.31. The highest BCUT2D eigenvalue weighted by molar-refractivity contribution is 5.72. The molecule has 1 fully saturated rings. The third kappa shape index (κ3) is 4.85. The molecule has 1 saturated carbocycles. The molecule has 0 aromatic heterocycles. The van der Waals surface area contributed by atoms with Crippen LogP contribution in [0.2, 0.25) is 0 Å². The van der Waals surface area contributed by atoms with Crippen LogP contribution >= 0.6 is 0 Å². The van der Waals surface area contributed by atoms with Crippen molar-refractivity contribution in [2.45, 2.75) is 31.7 Å². The number of carboxylic acid groups (broad SMARTS) is 1. The summed E-state index contributed by atoms with van der Waals surface area (Å²) in [6, 6.07) is -0.777. The van der Waals surface area contributed by atoms with Gasteiger partial charge in [0.05, 0.1) is 0 Å². The highest BCUT2D eigenvalue weighted by atomic mass is 16.5. The van der Waals surface area contributed by atoms with Crippen molar-refractivity contribution in [3.8, 4) is 0 Å². The first-order valence-electron chi connectivity index (χ1n) is 4.76. The summed E-state index contributed by atoms with van der Waals surface area (Å²) in [5, 5.41) is 8.46. The lowest BCUT2D eigenvalue weighted by Gasteiger charge is -2.06. The van der Waals surface area contributed by atoms with Gasteiger partial charge in [-0.2, -0.15) is 0 Å². The van der Waals surface area contributed by atoms with Gasteiger partial charge in [0.1, 0.15) is 6.04 Å². The molecular weight excluding hydrogens is 170 g/mol. The standard InChI is InChI=1S/C9H17NO3/c10-8(9(11)12)4-6-13-5-3-7-1-2-7/h7-8H,1-6,10H2,(H,11,12). The van der Waals surface area contributed by atoms with Crippen molar-refractivity contribution in [1.82, 2.24) is 0 Å². The predicted octanol–water partition coefficient (Wildman–Crippen LogP) is 0.605. The summed E-state index contributed by atoms with van der Waals surface area (Å²) >= 11 is 0. The van der Waals surface area contributed by atoms with Crippen LogP contribution in [-0.2, 0) is 9.53 Å². The topological polar surface area (TPSA) is 72.5 Å². The van der Waals surface area contributed by atoms with E-state index in [1.807, 2.05) is 0 Å². The van der Waals surface area contributed by atoms with Crippen LogP contribution in [0.4, 0.5) is 0 Å². The van der Waals surface area contributed by atoms with E-state index in [1.54, 1.807) is 0 Å². The van der Waals surface area contributed by atoms with Crippen LogP contribution in [-0.4, -0.2) is 30.3 Å². The van der Waals surface area contributed by atoms with Crippen molar-refractivity contribution in [2.24, 2.45) is 11.7 Å². The van der Waals surface area contributed by atoms with E-state index in [4.69, 9.17) is 15.6 Å². The van der Waals surface area contributed by atoms with Crippen molar-refractivity contribution >= 4 is 5.97 Å². The van der Waals surface area contributed by atoms with E-state index in [0.717, 1.165) is 18.9 Å². The average molecular weight is 187 g/mol. The zero-order chi connectivity index (χ0) is 9.68. The van der Waals surface area contributed by atoms with E-state index >= 15 is 0 Å². The zero-order valence-electron chi connectivity index (χ0n) is 7.74. The van der Waals surface area contributed by atoms with E-state index in [1.165, 1.54) is 12.8 Å². The summed E-state index contributed by atoms with van der Waals surface area (Å²) in [5.41, 5.74) is 5.29. The largest absolute Gasteiger partial charge is 0.480 e. The fraction of sp³-hybridized carbons (Fsp3) is 0.889. The van der Waals surface area contributed by atoms with Crippen molar-refractivity contribution < 1.29 is 14.6 Å². The van der Waals surface area contributed by atoms with Crippen LogP contribution in [0.25, 0.3) is 0 Å². The lowest BCUT2D eigenvalue weighted by atomic mass is 10.2. The number of hydrogen-bond donors (Lipinski definition) is 2. The van der Waals surface area contributed by atoms with Gasteiger partial charge in [0.2, 0.25) is 0 Å². The van der Waals surface area contributed by atoms with Crippen molar-refractivity contribution in [3.63, 3.8) is 0 Å². The fourth-order valence-electron chi connectivity index (χ4n) is 1.09. The van der Waals surface area contributed by atoms with Gasteiger partial charge in [0, 0.05) is 13.2 Å². The molecule has 1 atom stereocenters. The number of aliphatic carboxylic acids is 1. The Morgan fingerprint density at radius 1 is 1.54 bits per heavy atom. The minimum absolute atomic E-state index is 0.403. The summed E-state index contributed by atoms with van der Waals surface area (Å²) < 4.78 is 5.26. The molecule has 3 N–H and O–H groups in total. The van der Waals surface area contributed by atoms with Gasteiger partial charge >= 0.3 is 5.97 Å². The number of carboxylic acids is 1. The monoisotopic (exact) mass is 187 g/mol. The van der Waals surface area contributed by atoms with E-state index in [9.17, 15) is 4.79 Å². The van der Waals surface area contributed by atoms with E-state index < -0.39 is 12.0 Å². The Bertz CT molecular complexity index is 168. The molecule has 0 aliphatic heterocycles. The third-order valence-electron chi connectivity index (χ3n) is 2.26. The number of hydrogen-bond acceptors (Lipinski definition) is 3. The first-order valence-corrected chi connectivity index (χ1v) is 4.76. The van der Waals surface area contributed by atoms with Gasteiger partial charge in [0.15, 0.2) is 0 Å². The van der Waals surface area contributed by atoms with Gasteiger partial charge in [-0.1, -0.05) is 12.8 Å². The van der Waals surface area contributed by atoms with Crippen LogP contribution in [0, 0.1) is 5.92 Å². The Hall–Kier alpha value is -0.610. The summed E-state index contributed by atoms with van der Waals surface area (Å²) in [4.78, 5) is 10.3. The number of nitrogens with two attached hydrogens (primary N) is 1. The maximum atomic E-state index is 10.3. The Morgan fingerprint density at radius 2 is 2.23 bits per heavy atom. The molecule has 0 aromatic rings. The Labute approximate surface area is 78.1 Å². The SMILES string of the molecule is NC(CCOCCC1CC1)C(=O)O. The van der Waals surface area contributed by atoms with Crippen LogP contribution in [0.5, 0.6) is 0 Å². The number of rotatable bonds is 7. The van der Waals surface area contributed by atoms with Gasteiger partial charge in [0.25, 0.3) is 0 Å². The van der Waals surface area contributed by atoms with Gasteiger partial charge in [-0.15, -0.1) is 0 Å². The highest BCUT2D eigenvalue weighted by Crippen LogP contribution is 2.32. The lowest BCUT2D eigenvalue weighted by molar-refractivity contribution is -0.139. The average Bonchev–Trinajstić information content (AvgIpc) is 2.87. The molecule has 0 heterocycles. The molecule has 0 amide bonds. The molecule has 1 aliphatic carbocycles. The quantitative estimate of drug-likeness (QED) is 0.573. The summed E-state index contributed by atoms with van der Waals surface area (Å²) in [6.45, 7) is 1.21. The molecule has 0 bridgehead atoms. The molecule has 4 nitrogen and oxygen atoms in total. The maximum Gasteiger partial charge on any atom is 0.320 e. The minimum atomic E-state index is -0.953. The number of ether oxygens (including phenoxy) is 1. The molecule has 1 unspecified atom stereocenters. The van der Waals surface area contributed by atoms with Crippen LogP contribution in [0.1, 0.15) is 25.7 Å². The Kier molecular flexibility index (Phi) is 4.18. The van der Waals surface area contributed by atoms with Gasteiger partial charge in [-0.3, -0.25) is 4.79 Å². The third-order valence-corrected chi connectivity index (χ3v) is 2.26. The summed E-state index contributed by atoms with van der Waals surface area (Å²) in [5.74, 6) is -0.0843. The number of carbonyl (C=O) groups is 1. The molecule has 1 rings (SSSR count). The molecule has 76 valence electrons. The van der Waals surface area contributed by atoms with Crippen LogP contribution < -0.4 is 5.73 Å². The second-order valence-electron chi connectivity index (χ2n) is 3.58. The van der Waals surface area contributed by atoms with Crippen molar-refractivity contribution in [3.05, 3.63) is 0 Å². The smallest absolute Gasteiger partial charge is 0.320 e. The minimum Gasteiger partial charge on any atom is -0.480 e. The van der Waals surface area contributed by atoms with Gasteiger partial charge < -0.3 is 15.6 Å². The van der Waals surface area contributed by atoms with Crippen molar-refractivity contribution in [1.29, 1.82) is 0 Å². The molecule has 0 aromatic carbocycles. The zero-order valence-corrected chi connectivity index (χ0v) is 7.74. The second-order valence-corrected chi connectivity index (χ2v) is 3.58. The first-order chi connectivity index (χ1) is 6.20. The second kappa shape index (κ2) is 5.19. The first kappa shape index (κ1) is 10.5. The highest BCUT2D eigenvalue weighted by Gasteiger charge is 2.20. The van der Waals surface area contributed by atoms with E-state index in [-0.39, 0.29) is 0 Å². The predicted molar refractivity (Wildman–Crippen MR) is 48.4 cm³/mol. The molecular formula is C9H17NO3. The Balaban J connectivity index is 1.84. The normalized spacial score (nSPS) is 18.5. The van der Waals surface area contributed by atoms with E-state index in [0.29, 0.717) is 13.0 Å². The van der Waals surface area contributed by atoms with Crippen molar-refractivity contribution in [2.75, 3.05) is 13.2 Å². The van der Waals surface area contributed by atoms with Crippen LogP contribution in [0.15, 0.2) is 0 Å². The molecule has 0 saturated heterocycles. The van der Waals surface area contributed by atoms with Gasteiger partial charge in [-0.25, -0.2) is 0 Å². The Morgan fingerprint density at radius 3 is 2.77 bits per heavy atom. The fourth-order valence-corrected chi connectivity index (χ4v) is 1.09. The summed E-state index contributed by atoms with van der Waals surface area (Å²) in [7, 11) is 0. The molecule has 1 aliphatic rings. The van der Waals surface area contributed by atoms with E-state index in [2.05, 4.69) is 0 Å².